The summed E-state index contributed by atoms with van der Waals surface area (Å²) < 4.78 is 13.2. The molecule has 0 aromatic heterocycles. The monoisotopic (exact) mass is 220 g/mol. The summed E-state index contributed by atoms with van der Waals surface area (Å²) in [6.07, 6.45) is 3.36. The van der Waals surface area contributed by atoms with Gasteiger partial charge in [0.2, 0.25) is 0 Å². The van der Waals surface area contributed by atoms with E-state index in [0.717, 1.165) is 25.9 Å². The molecule has 3 rings (SSSR count). The van der Waals surface area contributed by atoms with E-state index in [2.05, 4.69) is 10.6 Å². The van der Waals surface area contributed by atoms with Crippen LogP contribution in [0.5, 0.6) is 0 Å². The molecule has 1 aromatic rings. The van der Waals surface area contributed by atoms with Crippen molar-refractivity contribution in [3.05, 3.63) is 35.1 Å². The van der Waals surface area contributed by atoms with E-state index in [1.807, 2.05) is 6.07 Å². The van der Waals surface area contributed by atoms with Crippen LogP contribution in [0.1, 0.15) is 30.0 Å². The van der Waals surface area contributed by atoms with Gasteiger partial charge in [0.25, 0.3) is 0 Å². The zero-order chi connectivity index (χ0) is 11.0. The van der Waals surface area contributed by atoms with Gasteiger partial charge in [0, 0.05) is 18.6 Å². The Hall–Kier alpha value is -0.930. The summed E-state index contributed by atoms with van der Waals surface area (Å²) in [4.78, 5) is 0. The van der Waals surface area contributed by atoms with E-state index in [9.17, 15) is 4.39 Å². The van der Waals surface area contributed by atoms with Crippen LogP contribution < -0.4 is 10.6 Å². The first-order chi connectivity index (χ1) is 7.83. The summed E-state index contributed by atoms with van der Waals surface area (Å²) in [6.45, 7) is 2.14. The molecule has 3 heteroatoms. The molecule has 2 aliphatic rings. The van der Waals surface area contributed by atoms with Crippen LogP contribution in [0.3, 0.4) is 0 Å². The number of fused-ring (bicyclic) bond motifs is 1. The van der Waals surface area contributed by atoms with Crippen molar-refractivity contribution in [2.24, 2.45) is 0 Å². The van der Waals surface area contributed by atoms with Gasteiger partial charge < -0.3 is 10.6 Å². The molecule has 86 valence electrons. The molecule has 0 spiro atoms. The highest BCUT2D eigenvalue weighted by Gasteiger charge is 2.26. The van der Waals surface area contributed by atoms with Crippen LogP contribution in [-0.2, 0) is 6.42 Å². The maximum Gasteiger partial charge on any atom is 0.123 e. The fourth-order valence-electron chi connectivity index (χ4n) is 2.83. The normalized spacial score (nSPS) is 28.3. The summed E-state index contributed by atoms with van der Waals surface area (Å²) in [6, 6.07) is 6.11. The van der Waals surface area contributed by atoms with E-state index in [1.54, 1.807) is 12.1 Å². The smallest absolute Gasteiger partial charge is 0.123 e. The first-order valence-electron chi connectivity index (χ1n) is 6.08. The van der Waals surface area contributed by atoms with E-state index in [1.165, 1.54) is 17.5 Å². The molecule has 16 heavy (non-hydrogen) atoms. The van der Waals surface area contributed by atoms with Crippen molar-refractivity contribution < 1.29 is 4.39 Å². The van der Waals surface area contributed by atoms with Crippen LogP contribution in [0.2, 0.25) is 0 Å². The number of halogens is 1. The number of aryl methyl sites for hydroxylation is 1. The lowest BCUT2D eigenvalue weighted by atomic mass is 10.1. The van der Waals surface area contributed by atoms with Crippen molar-refractivity contribution in [3.63, 3.8) is 0 Å². The maximum atomic E-state index is 13.2. The Kier molecular flexibility index (Phi) is 2.65. The van der Waals surface area contributed by atoms with Crippen LogP contribution >= 0.6 is 0 Å². The van der Waals surface area contributed by atoms with Crippen LogP contribution in [0.25, 0.3) is 0 Å². The molecule has 1 aromatic carbocycles. The fraction of sp³-hybridized carbons (Fsp3) is 0.538. The summed E-state index contributed by atoms with van der Waals surface area (Å²) in [5.41, 5.74) is 2.48. The lowest BCUT2D eigenvalue weighted by Crippen LogP contribution is -2.33. The molecule has 2 atom stereocenters. The third-order valence-electron chi connectivity index (χ3n) is 3.68. The SMILES string of the molecule is Fc1ccc2c(c1)C(NC1CCNC1)CC2. The first-order valence-corrected chi connectivity index (χ1v) is 6.08. The van der Waals surface area contributed by atoms with Crippen molar-refractivity contribution in [2.75, 3.05) is 13.1 Å². The summed E-state index contributed by atoms with van der Waals surface area (Å²) in [7, 11) is 0. The molecule has 1 heterocycles. The van der Waals surface area contributed by atoms with Gasteiger partial charge in [-0.2, -0.15) is 0 Å². The lowest BCUT2D eigenvalue weighted by Gasteiger charge is -2.19. The molecule has 0 radical (unpaired) electrons. The topological polar surface area (TPSA) is 24.1 Å². The molecule has 0 saturated carbocycles. The Morgan fingerprint density at radius 3 is 3.06 bits per heavy atom. The lowest BCUT2D eigenvalue weighted by molar-refractivity contribution is 0.451. The molecular formula is C13H17FN2. The van der Waals surface area contributed by atoms with Crippen molar-refractivity contribution in [3.8, 4) is 0 Å². The second kappa shape index (κ2) is 4.15. The van der Waals surface area contributed by atoms with Crippen molar-refractivity contribution in [2.45, 2.75) is 31.3 Å². The minimum absolute atomic E-state index is 0.114. The Morgan fingerprint density at radius 1 is 1.31 bits per heavy atom. The summed E-state index contributed by atoms with van der Waals surface area (Å²) in [5, 5.41) is 6.98. The van der Waals surface area contributed by atoms with Crippen molar-refractivity contribution >= 4 is 0 Å². The highest BCUT2D eigenvalue weighted by Crippen LogP contribution is 2.32. The van der Waals surface area contributed by atoms with Gasteiger partial charge in [-0.3, -0.25) is 0 Å². The average molecular weight is 220 g/mol. The number of nitrogens with one attached hydrogen (secondary N) is 2. The number of rotatable bonds is 2. The van der Waals surface area contributed by atoms with Gasteiger partial charge in [0.1, 0.15) is 5.82 Å². The Morgan fingerprint density at radius 2 is 2.25 bits per heavy atom. The molecule has 2 unspecified atom stereocenters. The molecule has 0 amide bonds. The predicted octanol–water partition coefficient (Wildman–Crippen LogP) is 1.76. The Bertz CT molecular complexity index is 386. The van der Waals surface area contributed by atoms with Gasteiger partial charge in [-0.25, -0.2) is 4.39 Å². The molecule has 1 aliphatic heterocycles. The van der Waals surface area contributed by atoms with Gasteiger partial charge in [0.15, 0.2) is 0 Å². The van der Waals surface area contributed by atoms with Crippen molar-refractivity contribution in [1.29, 1.82) is 0 Å². The Balaban J connectivity index is 1.77. The van der Waals surface area contributed by atoms with E-state index in [4.69, 9.17) is 0 Å². The van der Waals surface area contributed by atoms with Crippen LogP contribution in [0, 0.1) is 5.82 Å². The van der Waals surface area contributed by atoms with E-state index < -0.39 is 0 Å². The van der Waals surface area contributed by atoms with Crippen LogP contribution in [0.4, 0.5) is 4.39 Å². The zero-order valence-electron chi connectivity index (χ0n) is 9.30. The fourth-order valence-corrected chi connectivity index (χ4v) is 2.83. The maximum absolute atomic E-state index is 13.2. The van der Waals surface area contributed by atoms with Gasteiger partial charge in [0.05, 0.1) is 0 Å². The van der Waals surface area contributed by atoms with E-state index in [-0.39, 0.29) is 5.82 Å². The third-order valence-corrected chi connectivity index (χ3v) is 3.68. The number of hydrogen-bond donors (Lipinski definition) is 2. The molecule has 0 bridgehead atoms. The second-order valence-electron chi connectivity index (χ2n) is 4.79. The highest BCUT2D eigenvalue weighted by atomic mass is 19.1. The average Bonchev–Trinajstić information content (AvgIpc) is 2.90. The number of hydrogen-bond acceptors (Lipinski definition) is 2. The van der Waals surface area contributed by atoms with E-state index in [0.29, 0.717) is 12.1 Å². The number of benzene rings is 1. The third kappa shape index (κ3) is 1.85. The summed E-state index contributed by atoms with van der Waals surface area (Å²) in [5.74, 6) is -0.114. The van der Waals surface area contributed by atoms with Gasteiger partial charge in [-0.15, -0.1) is 0 Å². The first kappa shape index (κ1) is 10.2. The predicted molar refractivity (Wildman–Crippen MR) is 61.9 cm³/mol. The second-order valence-corrected chi connectivity index (χ2v) is 4.79. The molecule has 1 saturated heterocycles. The minimum atomic E-state index is -0.114. The Labute approximate surface area is 95.2 Å². The minimum Gasteiger partial charge on any atom is -0.315 e. The van der Waals surface area contributed by atoms with Crippen LogP contribution in [0.15, 0.2) is 18.2 Å². The molecule has 2 nitrogen and oxygen atoms in total. The van der Waals surface area contributed by atoms with Crippen LogP contribution in [-0.4, -0.2) is 19.1 Å². The molecule has 1 fully saturated rings. The standard InChI is InChI=1S/C13H17FN2/c14-10-3-1-9-2-4-13(12(9)7-10)16-11-5-6-15-8-11/h1,3,7,11,13,15-16H,2,4-6,8H2. The molecular weight excluding hydrogens is 203 g/mol. The largest absolute Gasteiger partial charge is 0.315 e. The van der Waals surface area contributed by atoms with Crippen molar-refractivity contribution in [1.82, 2.24) is 10.6 Å². The highest BCUT2D eigenvalue weighted by molar-refractivity contribution is 5.35. The zero-order valence-corrected chi connectivity index (χ0v) is 9.30. The quantitative estimate of drug-likeness (QED) is 0.793. The molecule has 1 aliphatic carbocycles. The van der Waals surface area contributed by atoms with Gasteiger partial charge >= 0.3 is 0 Å². The van der Waals surface area contributed by atoms with Gasteiger partial charge in [-0.1, -0.05) is 6.07 Å². The van der Waals surface area contributed by atoms with Gasteiger partial charge in [-0.05, 0) is 49.1 Å². The van der Waals surface area contributed by atoms with E-state index >= 15 is 0 Å². The summed E-state index contributed by atoms with van der Waals surface area (Å²) >= 11 is 0. The molecule has 2 N–H and O–H groups in total.